The molecular formula is C13H16O. The van der Waals surface area contributed by atoms with Crippen LogP contribution < -0.4 is 0 Å². The molecule has 0 aromatic heterocycles. The van der Waals surface area contributed by atoms with E-state index in [9.17, 15) is 4.79 Å². The fourth-order valence-corrected chi connectivity index (χ4v) is 3.65. The third-order valence-corrected chi connectivity index (χ3v) is 4.52. The van der Waals surface area contributed by atoms with Gasteiger partial charge in [-0.1, -0.05) is 18.2 Å². The number of ketones is 1. The molecule has 1 heteroatoms. The fraction of sp³-hybridized carbons (Fsp3) is 0.615. The van der Waals surface area contributed by atoms with Crippen LogP contribution in [0.3, 0.4) is 0 Å². The van der Waals surface area contributed by atoms with Crippen LogP contribution in [-0.2, 0) is 4.79 Å². The molecular weight excluding hydrogens is 172 g/mol. The summed E-state index contributed by atoms with van der Waals surface area (Å²) in [4.78, 5) is 11.4. The lowest BCUT2D eigenvalue weighted by Crippen LogP contribution is -2.44. The van der Waals surface area contributed by atoms with Crippen molar-refractivity contribution in [1.82, 2.24) is 0 Å². The maximum absolute atomic E-state index is 11.4. The number of carbonyl (C=O) groups excluding carboxylic acids is 1. The van der Waals surface area contributed by atoms with Crippen molar-refractivity contribution in [3.8, 4) is 0 Å². The summed E-state index contributed by atoms with van der Waals surface area (Å²) in [6.07, 6.45) is 9.75. The van der Waals surface area contributed by atoms with Gasteiger partial charge >= 0.3 is 0 Å². The molecule has 74 valence electrons. The van der Waals surface area contributed by atoms with Crippen molar-refractivity contribution in [2.45, 2.75) is 32.1 Å². The lowest BCUT2D eigenvalue weighted by atomic mass is 9.51. The van der Waals surface area contributed by atoms with E-state index in [2.05, 4.69) is 12.7 Å². The van der Waals surface area contributed by atoms with E-state index in [0.717, 1.165) is 18.8 Å². The minimum Gasteiger partial charge on any atom is -0.295 e. The van der Waals surface area contributed by atoms with Gasteiger partial charge in [-0.15, -0.1) is 0 Å². The van der Waals surface area contributed by atoms with Crippen LogP contribution in [0.5, 0.6) is 0 Å². The van der Waals surface area contributed by atoms with Crippen molar-refractivity contribution in [3.05, 3.63) is 24.3 Å². The molecule has 4 aliphatic rings. The van der Waals surface area contributed by atoms with Gasteiger partial charge in [-0.05, 0) is 49.0 Å². The van der Waals surface area contributed by atoms with E-state index in [4.69, 9.17) is 0 Å². The Morgan fingerprint density at radius 3 is 3.14 bits per heavy atom. The Morgan fingerprint density at radius 2 is 2.36 bits per heavy atom. The Kier molecular flexibility index (Phi) is 1.56. The van der Waals surface area contributed by atoms with Crippen molar-refractivity contribution in [2.24, 2.45) is 17.3 Å². The normalized spacial score (nSPS) is 45.4. The molecule has 3 atom stereocenters. The highest BCUT2D eigenvalue weighted by Gasteiger charge is 2.49. The first-order valence-electron chi connectivity index (χ1n) is 5.59. The van der Waals surface area contributed by atoms with Crippen LogP contribution in [0.25, 0.3) is 0 Å². The molecule has 0 aromatic carbocycles. The molecule has 3 saturated carbocycles. The van der Waals surface area contributed by atoms with Gasteiger partial charge in [0.15, 0.2) is 5.78 Å². The zero-order valence-corrected chi connectivity index (χ0v) is 8.46. The maximum Gasteiger partial charge on any atom is 0.155 e. The summed E-state index contributed by atoms with van der Waals surface area (Å²) in [6, 6.07) is 0. The highest BCUT2D eigenvalue weighted by atomic mass is 16.1. The predicted octanol–water partition coefficient (Wildman–Crippen LogP) is 2.88. The largest absolute Gasteiger partial charge is 0.295 e. The van der Waals surface area contributed by atoms with Gasteiger partial charge in [0, 0.05) is 6.42 Å². The number of hydrogen-bond acceptors (Lipinski definition) is 1. The first-order valence-corrected chi connectivity index (χ1v) is 5.59. The second kappa shape index (κ2) is 2.59. The van der Waals surface area contributed by atoms with Gasteiger partial charge in [0.05, 0.1) is 0 Å². The van der Waals surface area contributed by atoms with Crippen LogP contribution in [0, 0.1) is 17.3 Å². The van der Waals surface area contributed by atoms with Crippen molar-refractivity contribution < 1.29 is 4.79 Å². The average molecular weight is 188 g/mol. The zero-order valence-electron chi connectivity index (χ0n) is 8.46. The van der Waals surface area contributed by atoms with E-state index in [0.29, 0.717) is 17.1 Å². The minimum absolute atomic E-state index is 0.332. The van der Waals surface area contributed by atoms with E-state index < -0.39 is 0 Å². The topological polar surface area (TPSA) is 17.1 Å². The minimum atomic E-state index is 0.332. The molecule has 3 fully saturated rings. The Morgan fingerprint density at radius 1 is 1.50 bits per heavy atom. The summed E-state index contributed by atoms with van der Waals surface area (Å²) in [7, 11) is 0. The van der Waals surface area contributed by atoms with E-state index in [1.54, 1.807) is 0 Å². The molecule has 0 amide bonds. The first kappa shape index (κ1) is 8.46. The van der Waals surface area contributed by atoms with Gasteiger partial charge in [0.1, 0.15) is 0 Å². The number of hydrogen-bond donors (Lipinski definition) is 0. The van der Waals surface area contributed by atoms with Crippen molar-refractivity contribution in [3.63, 3.8) is 0 Å². The molecule has 0 aromatic rings. The standard InChI is InChI=1S/C13H16O/c1-9-8-13-4-2-10(9)6-11(13)7-12(14)3-5-13/h3,5,10-11H,1-2,4,6-8H2/t10-,11+,13+/m1/s1. The Hall–Kier alpha value is -0.850. The molecule has 4 aliphatic carbocycles. The molecule has 2 bridgehead atoms. The van der Waals surface area contributed by atoms with Crippen LogP contribution in [-0.4, -0.2) is 5.78 Å². The monoisotopic (exact) mass is 188 g/mol. The van der Waals surface area contributed by atoms with E-state index >= 15 is 0 Å². The number of allylic oxidation sites excluding steroid dienone is 3. The van der Waals surface area contributed by atoms with Gasteiger partial charge in [-0.25, -0.2) is 0 Å². The predicted molar refractivity (Wildman–Crippen MR) is 55.8 cm³/mol. The van der Waals surface area contributed by atoms with Crippen LogP contribution >= 0.6 is 0 Å². The summed E-state index contributed by atoms with van der Waals surface area (Å²) in [6.45, 7) is 4.18. The molecule has 14 heavy (non-hydrogen) atoms. The van der Waals surface area contributed by atoms with Crippen molar-refractivity contribution in [2.75, 3.05) is 0 Å². The van der Waals surface area contributed by atoms with Crippen molar-refractivity contribution in [1.29, 1.82) is 0 Å². The third-order valence-electron chi connectivity index (χ3n) is 4.52. The van der Waals surface area contributed by atoms with Crippen LogP contribution in [0.4, 0.5) is 0 Å². The van der Waals surface area contributed by atoms with Crippen molar-refractivity contribution >= 4 is 5.78 Å². The molecule has 0 aliphatic heterocycles. The zero-order chi connectivity index (χ0) is 9.76. The Labute approximate surface area is 84.9 Å². The number of carbonyl (C=O) groups is 1. The highest BCUT2D eigenvalue weighted by Crippen LogP contribution is 2.58. The van der Waals surface area contributed by atoms with Gasteiger partial charge in [-0.2, -0.15) is 0 Å². The lowest BCUT2D eigenvalue weighted by molar-refractivity contribution is -0.118. The maximum atomic E-state index is 11.4. The summed E-state index contributed by atoms with van der Waals surface area (Å²) in [5, 5.41) is 0. The van der Waals surface area contributed by atoms with Crippen LogP contribution in [0.15, 0.2) is 24.3 Å². The highest BCUT2D eigenvalue weighted by molar-refractivity contribution is 5.91. The summed E-state index contributed by atoms with van der Waals surface area (Å²) < 4.78 is 0. The van der Waals surface area contributed by atoms with Crippen LogP contribution in [0.1, 0.15) is 32.1 Å². The molecule has 0 N–H and O–H groups in total. The average Bonchev–Trinajstić information content (AvgIpc) is 2.17. The lowest BCUT2D eigenvalue weighted by Gasteiger charge is -2.53. The third kappa shape index (κ3) is 0.985. The van der Waals surface area contributed by atoms with Gasteiger partial charge in [0.2, 0.25) is 0 Å². The van der Waals surface area contributed by atoms with Crippen LogP contribution in [0.2, 0.25) is 0 Å². The molecule has 1 spiro atoms. The fourth-order valence-electron chi connectivity index (χ4n) is 3.65. The van der Waals surface area contributed by atoms with E-state index in [1.165, 1.54) is 24.8 Å². The second-order valence-electron chi connectivity index (χ2n) is 5.24. The molecule has 0 saturated heterocycles. The summed E-state index contributed by atoms with van der Waals surface area (Å²) in [5.41, 5.74) is 1.77. The summed E-state index contributed by atoms with van der Waals surface area (Å²) in [5.74, 6) is 1.68. The molecule has 0 unspecified atom stereocenters. The molecule has 0 radical (unpaired) electrons. The molecule has 1 nitrogen and oxygen atoms in total. The van der Waals surface area contributed by atoms with E-state index in [1.807, 2.05) is 6.08 Å². The quantitative estimate of drug-likeness (QED) is 0.534. The Balaban J connectivity index is 2.02. The SMILES string of the molecule is C=C1C[C@]23C=CC(=O)C[C@@H]2C[C@H]1CC3. The van der Waals surface area contributed by atoms with Gasteiger partial charge in [0.25, 0.3) is 0 Å². The number of rotatable bonds is 0. The van der Waals surface area contributed by atoms with E-state index in [-0.39, 0.29) is 0 Å². The first-order chi connectivity index (χ1) is 6.70. The number of fused-ring (bicyclic) bond motifs is 2. The smallest absolute Gasteiger partial charge is 0.155 e. The van der Waals surface area contributed by atoms with Gasteiger partial charge < -0.3 is 0 Å². The molecule has 0 heterocycles. The molecule has 4 rings (SSSR count). The van der Waals surface area contributed by atoms with Gasteiger partial charge in [-0.3, -0.25) is 4.79 Å². The summed E-state index contributed by atoms with van der Waals surface area (Å²) >= 11 is 0. The Bertz CT molecular complexity index is 339. The second-order valence-corrected chi connectivity index (χ2v) is 5.24.